The van der Waals surface area contributed by atoms with E-state index in [2.05, 4.69) is 10.0 Å². The van der Waals surface area contributed by atoms with E-state index in [0.29, 0.717) is 11.4 Å². The maximum absolute atomic E-state index is 12.7. The van der Waals surface area contributed by atoms with Gasteiger partial charge in [-0.05, 0) is 30.5 Å². The number of ether oxygens (including phenoxy) is 2. The lowest BCUT2D eigenvalue weighted by Gasteiger charge is -2.16. The largest absolute Gasteiger partial charge is 0.493 e. The van der Waals surface area contributed by atoms with Gasteiger partial charge >= 0.3 is 0 Å². The predicted molar refractivity (Wildman–Crippen MR) is 112 cm³/mol. The van der Waals surface area contributed by atoms with Crippen LogP contribution < -0.4 is 19.5 Å². The Morgan fingerprint density at radius 2 is 1.62 bits per heavy atom. The normalized spacial score (nSPS) is 12.4. The molecule has 0 bridgehead atoms. The zero-order valence-corrected chi connectivity index (χ0v) is 17.1. The summed E-state index contributed by atoms with van der Waals surface area (Å²) in [5.74, 6) is 0.224. The van der Waals surface area contributed by atoms with Gasteiger partial charge in [-0.25, -0.2) is 8.42 Å². The lowest BCUT2D eigenvalue weighted by molar-refractivity contribution is -0.117. The minimum atomic E-state index is -3.94. The lowest BCUT2D eigenvalue weighted by Crippen LogP contribution is -2.41. The fourth-order valence-corrected chi connectivity index (χ4v) is 4.13. The van der Waals surface area contributed by atoms with E-state index in [1.807, 2.05) is 36.4 Å². The van der Waals surface area contributed by atoms with Gasteiger partial charge in [0.15, 0.2) is 11.5 Å². The Kier molecular flexibility index (Phi) is 6.05. The van der Waals surface area contributed by atoms with Crippen LogP contribution in [0.1, 0.15) is 6.92 Å². The van der Waals surface area contributed by atoms with Gasteiger partial charge in [-0.15, -0.1) is 0 Å². The molecule has 0 aromatic heterocycles. The lowest BCUT2D eigenvalue weighted by atomic mass is 10.1. The molecule has 0 radical (unpaired) electrons. The van der Waals surface area contributed by atoms with Crippen LogP contribution in [0.2, 0.25) is 0 Å². The average molecular weight is 414 g/mol. The molecule has 0 aliphatic carbocycles. The van der Waals surface area contributed by atoms with Crippen molar-refractivity contribution < 1.29 is 22.7 Å². The van der Waals surface area contributed by atoms with Crippen molar-refractivity contribution in [3.05, 3.63) is 60.7 Å². The van der Waals surface area contributed by atoms with Crippen LogP contribution in [0.4, 0.5) is 5.69 Å². The fraction of sp³-hybridized carbons (Fsp3) is 0.190. The molecule has 0 spiro atoms. The van der Waals surface area contributed by atoms with E-state index in [9.17, 15) is 13.2 Å². The van der Waals surface area contributed by atoms with Gasteiger partial charge in [0.05, 0.1) is 25.2 Å². The third-order valence-corrected chi connectivity index (χ3v) is 5.98. The second-order valence-corrected chi connectivity index (χ2v) is 8.09. The van der Waals surface area contributed by atoms with Crippen LogP contribution in [0.15, 0.2) is 65.6 Å². The van der Waals surface area contributed by atoms with Crippen LogP contribution in [0.3, 0.4) is 0 Å². The predicted octanol–water partition coefficient (Wildman–Crippen LogP) is 3.16. The van der Waals surface area contributed by atoms with Gasteiger partial charge in [-0.2, -0.15) is 4.72 Å². The first-order valence-electron chi connectivity index (χ1n) is 8.88. The Morgan fingerprint density at radius 3 is 2.34 bits per heavy atom. The number of carbonyl (C=O) groups is 1. The van der Waals surface area contributed by atoms with E-state index in [1.165, 1.54) is 39.3 Å². The standard InChI is InChI=1S/C21H22N2O5S/c1-14(21(24)22-18-10-6-8-15-7-4-5-9-17(15)18)23-29(25,26)16-11-12-19(27-2)20(13-16)28-3/h4-14,23H,1-3H3,(H,22,24)/t14-/m1/s1. The first-order chi connectivity index (χ1) is 13.9. The summed E-state index contributed by atoms with van der Waals surface area (Å²) < 4.78 is 38.0. The van der Waals surface area contributed by atoms with E-state index in [0.717, 1.165) is 10.8 Å². The second-order valence-electron chi connectivity index (χ2n) is 6.38. The molecule has 29 heavy (non-hydrogen) atoms. The maximum Gasteiger partial charge on any atom is 0.242 e. The third kappa shape index (κ3) is 4.49. The summed E-state index contributed by atoms with van der Waals surface area (Å²) in [6, 6.07) is 16.4. The van der Waals surface area contributed by atoms with Crippen LogP contribution in [0.5, 0.6) is 11.5 Å². The van der Waals surface area contributed by atoms with Gasteiger partial charge < -0.3 is 14.8 Å². The summed E-state index contributed by atoms with van der Waals surface area (Å²) in [5.41, 5.74) is 0.616. The summed E-state index contributed by atoms with van der Waals surface area (Å²) in [4.78, 5) is 12.6. The van der Waals surface area contributed by atoms with Gasteiger partial charge in [0.25, 0.3) is 0 Å². The number of carbonyl (C=O) groups excluding carboxylic acids is 1. The minimum absolute atomic E-state index is 0.0278. The summed E-state index contributed by atoms with van der Waals surface area (Å²) in [7, 11) is -1.06. The van der Waals surface area contributed by atoms with Crippen LogP contribution in [0.25, 0.3) is 10.8 Å². The molecule has 152 valence electrons. The highest BCUT2D eigenvalue weighted by molar-refractivity contribution is 7.89. The molecule has 0 aliphatic heterocycles. The quantitative estimate of drug-likeness (QED) is 0.619. The maximum atomic E-state index is 12.7. The number of rotatable bonds is 7. The Balaban J connectivity index is 1.78. The van der Waals surface area contributed by atoms with E-state index < -0.39 is 22.0 Å². The van der Waals surface area contributed by atoms with Crippen molar-refractivity contribution in [3.63, 3.8) is 0 Å². The Labute approximate surface area is 169 Å². The summed E-state index contributed by atoms with van der Waals surface area (Å²) >= 11 is 0. The Hall–Kier alpha value is -3.10. The van der Waals surface area contributed by atoms with Crippen molar-refractivity contribution >= 4 is 32.4 Å². The van der Waals surface area contributed by atoms with E-state index in [1.54, 1.807) is 6.07 Å². The van der Waals surface area contributed by atoms with Crippen molar-refractivity contribution in [1.29, 1.82) is 0 Å². The van der Waals surface area contributed by atoms with Gasteiger partial charge in [0, 0.05) is 17.1 Å². The van der Waals surface area contributed by atoms with E-state index in [-0.39, 0.29) is 10.6 Å². The van der Waals surface area contributed by atoms with Gasteiger partial charge in [0.2, 0.25) is 15.9 Å². The number of methoxy groups -OCH3 is 2. The van der Waals surface area contributed by atoms with Crippen LogP contribution >= 0.6 is 0 Å². The fourth-order valence-electron chi connectivity index (χ4n) is 2.91. The highest BCUT2D eigenvalue weighted by atomic mass is 32.2. The molecule has 1 amide bonds. The van der Waals surface area contributed by atoms with Crippen molar-refractivity contribution in [1.82, 2.24) is 4.72 Å². The van der Waals surface area contributed by atoms with Crippen molar-refractivity contribution in [2.75, 3.05) is 19.5 Å². The number of hydrogen-bond donors (Lipinski definition) is 2. The first kappa shape index (κ1) is 20.6. The SMILES string of the molecule is COc1ccc(S(=O)(=O)N[C@H](C)C(=O)Nc2cccc3ccccc23)cc1OC. The molecule has 3 rings (SSSR count). The van der Waals surface area contributed by atoms with E-state index >= 15 is 0 Å². The molecule has 0 saturated carbocycles. The van der Waals surface area contributed by atoms with Gasteiger partial charge in [0.1, 0.15) is 0 Å². The van der Waals surface area contributed by atoms with Crippen molar-refractivity contribution in [3.8, 4) is 11.5 Å². The topological polar surface area (TPSA) is 93.7 Å². The summed E-state index contributed by atoms with van der Waals surface area (Å²) in [6.07, 6.45) is 0. The first-order valence-corrected chi connectivity index (χ1v) is 10.4. The smallest absolute Gasteiger partial charge is 0.242 e. The number of hydrogen-bond acceptors (Lipinski definition) is 5. The van der Waals surface area contributed by atoms with Gasteiger partial charge in [-0.1, -0.05) is 36.4 Å². The monoisotopic (exact) mass is 414 g/mol. The zero-order valence-electron chi connectivity index (χ0n) is 16.3. The number of amides is 1. The molecule has 8 heteroatoms. The zero-order chi connectivity index (χ0) is 21.0. The number of nitrogens with one attached hydrogen (secondary N) is 2. The van der Waals surface area contributed by atoms with Crippen LogP contribution in [-0.2, 0) is 14.8 Å². The summed E-state index contributed by atoms with van der Waals surface area (Å²) in [5, 5.41) is 4.64. The number of sulfonamides is 1. The highest BCUT2D eigenvalue weighted by Gasteiger charge is 2.23. The molecule has 3 aromatic carbocycles. The highest BCUT2D eigenvalue weighted by Crippen LogP contribution is 2.29. The van der Waals surface area contributed by atoms with Gasteiger partial charge in [-0.3, -0.25) is 4.79 Å². The second kappa shape index (κ2) is 8.50. The van der Waals surface area contributed by atoms with E-state index in [4.69, 9.17) is 9.47 Å². The molecular weight excluding hydrogens is 392 g/mol. The molecule has 0 heterocycles. The van der Waals surface area contributed by atoms with Crippen molar-refractivity contribution in [2.45, 2.75) is 17.9 Å². The van der Waals surface area contributed by atoms with Crippen LogP contribution in [0, 0.1) is 0 Å². The molecule has 0 saturated heterocycles. The molecular formula is C21H22N2O5S. The molecule has 7 nitrogen and oxygen atoms in total. The molecule has 0 aliphatic rings. The number of fused-ring (bicyclic) bond motifs is 1. The summed E-state index contributed by atoms with van der Waals surface area (Å²) in [6.45, 7) is 1.48. The molecule has 3 aromatic rings. The molecule has 1 atom stereocenters. The Bertz CT molecular complexity index is 1140. The molecule has 0 unspecified atom stereocenters. The number of anilines is 1. The van der Waals surface area contributed by atoms with Crippen LogP contribution in [-0.4, -0.2) is 34.6 Å². The minimum Gasteiger partial charge on any atom is -0.493 e. The molecule has 2 N–H and O–H groups in total. The average Bonchev–Trinajstić information content (AvgIpc) is 2.73. The number of benzene rings is 3. The molecule has 0 fully saturated rings. The third-order valence-electron chi connectivity index (χ3n) is 4.44. The van der Waals surface area contributed by atoms with Crippen molar-refractivity contribution in [2.24, 2.45) is 0 Å². The Morgan fingerprint density at radius 1 is 0.931 bits per heavy atom.